The molecule has 0 saturated carbocycles. The van der Waals surface area contributed by atoms with E-state index < -0.39 is 66.1 Å². The molecule has 0 aromatic carbocycles. The SMILES string of the molecule is CC(NC(=O)C1CCCN1C(=O)C(CC(N)=O)NC(=O)C(N)CCC(N)=O)C(=O)O. The third-order valence-corrected chi connectivity index (χ3v) is 4.63. The highest BCUT2D eigenvalue weighted by molar-refractivity contribution is 5.96. The topological polar surface area (TPSA) is 228 Å². The quantitative estimate of drug-likeness (QED) is 0.193. The van der Waals surface area contributed by atoms with Crippen LogP contribution in [0.15, 0.2) is 0 Å². The van der Waals surface area contributed by atoms with Gasteiger partial charge in [0.2, 0.25) is 29.5 Å². The Morgan fingerprint density at radius 3 is 2.27 bits per heavy atom. The van der Waals surface area contributed by atoms with Crippen molar-refractivity contribution in [3.63, 3.8) is 0 Å². The lowest BCUT2D eigenvalue weighted by Crippen LogP contribution is -2.57. The monoisotopic (exact) mass is 428 g/mol. The van der Waals surface area contributed by atoms with Crippen LogP contribution in [-0.4, -0.2) is 76.2 Å². The first-order valence-electron chi connectivity index (χ1n) is 9.40. The highest BCUT2D eigenvalue weighted by Crippen LogP contribution is 2.19. The van der Waals surface area contributed by atoms with Gasteiger partial charge in [-0.25, -0.2) is 0 Å². The zero-order chi connectivity index (χ0) is 23.0. The largest absolute Gasteiger partial charge is 0.480 e. The summed E-state index contributed by atoms with van der Waals surface area (Å²) >= 11 is 0. The first-order chi connectivity index (χ1) is 13.9. The van der Waals surface area contributed by atoms with Crippen LogP contribution >= 0.6 is 0 Å². The van der Waals surface area contributed by atoms with Gasteiger partial charge >= 0.3 is 5.97 Å². The molecule has 13 nitrogen and oxygen atoms in total. The zero-order valence-corrected chi connectivity index (χ0v) is 16.6. The second kappa shape index (κ2) is 11.1. The molecule has 4 unspecified atom stereocenters. The van der Waals surface area contributed by atoms with Gasteiger partial charge in [0.05, 0.1) is 12.5 Å². The van der Waals surface area contributed by atoms with Gasteiger partial charge in [0.1, 0.15) is 18.1 Å². The Hall–Kier alpha value is -3.22. The van der Waals surface area contributed by atoms with Gasteiger partial charge in [0, 0.05) is 13.0 Å². The van der Waals surface area contributed by atoms with Crippen molar-refractivity contribution in [2.24, 2.45) is 17.2 Å². The summed E-state index contributed by atoms with van der Waals surface area (Å²) in [4.78, 5) is 71.9. The van der Waals surface area contributed by atoms with Crippen LogP contribution in [0.3, 0.4) is 0 Å². The number of hydrogen-bond donors (Lipinski definition) is 6. The number of aliphatic carboxylic acids is 1. The number of carbonyl (C=O) groups is 6. The first-order valence-corrected chi connectivity index (χ1v) is 9.40. The molecule has 168 valence electrons. The average Bonchev–Trinajstić information content (AvgIpc) is 3.14. The van der Waals surface area contributed by atoms with Gasteiger partial charge in [-0.3, -0.25) is 28.8 Å². The number of hydrogen-bond acceptors (Lipinski definition) is 7. The lowest BCUT2D eigenvalue weighted by molar-refractivity contribution is -0.145. The second-order valence-corrected chi connectivity index (χ2v) is 7.10. The Labute approximate surface area is 172 Å². The van der Waals surface area contributed by atoms with E-state index in [0.29, 0.717) is 12.8 Å². The number of carboxylic acids is 1. The Bertz CT molecular complexity index is 713. The molecule has 5 amide bonds. The highest BCUT2D eigenvalue weighted by Gasteiger charge is 2.39. The van der Waals surface area contributed by atoms with Crippen LogP contribution in [-0.2, 0) is 28.8 Å². The molecule has 13 heteroatoms. The molecule has 0 radical (unpaired) electrons. The molecule has 30 heavy (non-hydrogen) atoms. The maximum atomic E-state index is 12.9. The molecule has 0 spiro atoms. The minimum absolute atomic E-state index is 0.0551. The molecule has 9 N–H and O–H groups in total. The van der Waals surface area contributed by atoms with Crippen LogP contribution in [0.2, 0.25) is 0 Å². The van der Waals surface area contributed by atoms with Gasteiger partial charge in [0.25, 0.3) is 0 Å². The Kier molecular flexibility index (Phi) is 9.17. The third-order valence-electron chi connectivity index (χ3n) is 4.63. The number of nitrogens with one attached hydrogen (secondary N) is 2. The number of nitrogens with zero attached hydrogens (tertiary/aromatic N) is 1. The van der Waals surface area contributed by atoms with E-state index in [2.05, 4.69) is 10.6 Å². The van der Waals surface area contributed by atoms with E-state index in [9.17, 15) is 28.8 Å². The van der Waals surface area contributed by atoms with E-state index in [0.717, 1.165) is 0 Å². The lowest BCUT2D eigenvalue weighted by Gasteiger charge is -2.29. The van der Waals surface area contributed by atoms with Crippen molar-refractivity contribution in [2.45, 2.75) is 63.2 Å². The van der Waals surface area contributed by atoms with Crippen LogP contribution in [0.1, 0.15) is 39.0 Å². The van der Waals surface area contributed by atoms with Crippen molar-refractivity contribution in [1.29, 1.82) is 0 Å². The Morgan fingerprint density at radius 2 is 1.73 bits per heavy atom. The van der Waals surface area contributed by atoms with E-state index >= 15 is 0 Å². The summed E-state index contributed by atoms with van der Waals surface area (Å²) in [6.07, 6.45) is 0.0447. The minimum atomic E-state index is -1.36. The molecule has 1 aliphatic rings. The molecule has 0 bridgehead atoms. The van der Waals surface area contributed by atoms with Crippen LogP contribution < -0.4 is 27.8 Å². The summed E-state index contributed by atoms with van der Waals surface area (Å²) in [6, 6.07) is -4.61. The van der Waals surface area contributed by atoms with Crippen molar-refractivity contribution in [1.82, 2.24) is 15.5 Å². The number of carbonyl (C=O) groups excluding carboxylic acids is 5. The van der Waals surface area contributed by atoms with Gasteiger partial charge in [0.15, 0.2) is 0 Å². The second-order valence-electron chi connectivity index (χ2n) is 7.10. The van der Waals surface area contributed by atoms with Crippen LogP contribution in [0.25, 0.3) is 0 Å². The molecule has 1 heterocycles. The fraction of sp³-hybridized carbons (Fsp3) is 0.647. The zero-order valence-electron chi connectivity index (χ0n) is 16.6. The van der Waals surface area contributed by atoms with Gasteiger partial charge in [-0.05, 0) is 26.2 Å². The molecule has 0 aromatic rings. The van der Waals surface area contributed by atoms with E-state index in [-0.39, 0.29) is 19.4 Å². The van der Waals surface area contributed by atoms with E-state index in [1.54, 1.807) is 0 Å². The van der Waals surface area contributed by atoms with Crippen molar-refractivity contribution >= 4 is 35.5 Å². The predicted octanol–water partition coefficient (Wildman–Crippen LogP) is -3.48. The van der Waals surface area contributed by atoms with Gasteiger partial charge in [-0.2, -0.15) is 0 Å². The number of carboxylic acid groups (broad SMARTS) is 1. The molecule has 1 aliphatic heterocycles. The number of rotatable bonds is 11. The first kappa shape index (κ1) is 24.8. The molecular formula is C17H28N6O7. The molecule has 0 aliphatic carbocycles. The van der Waals surface area contributed by atoms with Crippen LogP contribution in [0.5, 0.6) is 0 Å². The van der Waals surface area contributed by atoms with Crippen molar-refractivity contribution in [3.05, 3.63) is 0 Å². The maximum absolute atomic E-state index is 12.9. The predicted molar refractivity (Wildman–Crippen MR) is 102 cm³/mol. The molecule has 1 rings (SSSR count). The Balaban J connectivity index is 2.89. The number of likely N-dealkylation sites (tertiary alicyclic amines) is 1. The summed E-state index contributed by atoms with van der Waals surface area (Å²) in [6.45, 7) is 1.46. The minimum Gasteiger partial charge on any atom is -0.480 e. The smallest absolute Gasteiger partial charge is 0.325 e. The summed E-state index contributed by atoms with van der Waals surface area (Å²) in [5.41, 5.74) is 15.9. The van der Waals surface area contributed by atoms with E-state index in [1.807, 2.05) is 0 Å². The number of nitrogens with two attached hydrogens (primary N) is 3. The lowest BCUT2D eigenvalue weighted by atomic mass is 10.1. The maximum Gasteiger partial charge on any atom is 0.325 e. The average molecular weight is 428 g/mol. The van der Waals surface area contributed by atoms with Gasteiger partial charge in [-0.15, -0.1) is 0 Å². The van der Waals surface area contributed by atoms with E-state index in [4.69, 9.17) is 22.3 Å². The summed E-state index contributed by atoms with van der Waals surface area (Å²) < 4.78 is 0. The van der Waals surface area contributed by atoms with Gasteiger partial charge in [-0.1, -0.05) is 0 Å². The fourth-order valence-corrected chi connectivity index (χ4v) is 2.98. The van der Waals surface area contributed by atoms with Crippen LogP contribution in [0.4, 0.5) is 0 Å². The van der Waals surface area contributed by atoms with Crippen LogP contribution in [0, 0.1) is 0 Å². The molecular weight excluding hydrogens is 400 g/mol. The summed E-state index contributed by atoms with van der Waals surface area (Å²) in [5, 5.41) is 13.6. The fourth-order valence-electron chi connectivity index (χ4n) is 2.98. The number of primary amides is 2. The van der Waals surface area contributed by atoms with Gasteiger partial charge < -0.3 is 37.8 Å². The highest BCUT2D eigenvalue weighted by atomic mass is 16.4. The van der Waals surface area contributed by atoms with E-state index in [1.165, 1.54) is 11.8 Å². The van der Waals surface area contributed by atoms with Crippen molar-refractivity contribution in [2.75, 3.05) is 6.54 Å². The summed E-state index contributed by atoms with van der Waals surface area (Å²) in [7, 11) is 0. The normalized spacial score (nSPS) is 18.7. The Morgan fingerprint density at radius 1 is 1.10 bits per heavy atom. The standard InChI is InChI=1S/C17H28N6O7/c1-8(17(29)30)21-15(27)11-3-2-6-23(11)16(28)10(7-13(20)25)22-14(26)9(18)4-5-12(19)24/h8-11H,2-7,18H2,1H3,(H2,19,24)(H2,20,25)(H,21,27)(H,22,26)(H,29,30). The molecule has 1 fully saturated rings. The molecule has 1 saturated heterocycles. The van der Waals surface area contributed by atoms with Crippen molar-refractivity contribution < 1.29 is 33.9 Å². The molecule has 4 atom stereocenters. The third kappa shape index (κ3) is 7.31. The number of amides is 5. The molecule has 0 aromatic heterocycles. The summed E-state index contributed by atoms with van der Waals surface area (Å²) in [5.74, 6) is -4.90. The van der Waals surface area contributed by atoms with Crippen molar-refractivity contribution in [3.8, 4) is 0 Å².